The molecule has 138 valence electrons. The summed E-state index contributed by atoms with van der Waals surface area (Å²) in [5.74, 6) is -2.31. The van der Waals surface area contributed by atoms with Crippen molar-refractivity contribution in [1.82, 2.24) is 34.9 Å². The molecule has 0 saturated carbocycles. The molecule has 0 atom stereocenters. The topological polar surface area (TPSA) is 90.2 Å². The lowest BCUT2D eigenvalue weighted by molar-refractivity contribution is 0.483. The molecule has 9 heteroatoms. The number of pyridine rings is 1. The molecule has 4 heterocycles. The second kappa shape index (κ2) is 5.51. The standard InChI is InChI=1S/C19H13F2N7/c1-6-8(3)24-14-12(22-6)13-15(25-9(4)7(2)23-13)17-16(14)26-11-5-10(20)18(21)28-19(11)27-17/h5H,1-4H3. The van der Waals surface area contributed by atoms with Crippen LogP contribution in [0.4, 0.5) is 8.78 Å². The van der Waals surface area contributed by atoms with Crippen molar-refractivity contribution in [2.24, 2.45) is 0 Å². The van der Waals surface area contributed by atoms with Gasteiger partial charge >= 0.3 is 0 Å². The van der Waals surface area contributed by atoms with Crippen LogP contribution in [-0.2, 0) is 0 Å². The molecule has 0 spiro atoms. The molecule has 1 aromatic carbocycles. The van der Waals surface area contributed by atoms with Crippen molar-refractivity contribution >= 4 is 44.3 Å². The van der Waals surface area contributed by atoms with Gasteiger partial charge in [-0.05, 0) is 27.7 Å². The highest BCUT2D eigenvalue weighted by Crippen LogP contribution is 2.31. The summed E-state index contributed by atoms with van der Waals surface area (Å²) in [6, 6.07) is 0.973. The molecule has 0 aliphatic heterocycles. The Morgan fingerprint density at radius 2 is 0.929 bits per heavy atom. The number of nitrogens with zero attached hydrogens (tertiary/aromatic N) is 7. The van der Waals surface area contributed by atoms with Crippen molar-refractivity contribution in [3.8, 4) is 0 Å². The van der Waals surface area contributed by atoms with Crippen LogP contribution in [0.3, 0.4) is 0 Å². The molecule has 28 heavy (non-hydrogen) atoms. The summed E-state index contributed by atoms with van der Waals surface area (Å²) < 4.78 is 27.3. The molecule has 0 bridgehead atoms. The third-order valence-electron chi connectivity index (χ3n) is 4.85. The number of rotatable bonds is 0. The quantitative estimate of drug-likeness (QED) is 0.231. The van der Waals surface area contributed by atoms with Crippen molar-refractivity contribution in [2.75, 3.05) is 0 Å². The van der Waals surface area contributed by atoms with Crippen LogP contribution in [-0.4, -0.2) is 34.9 Å². The van der Waals surface area contributed by atoms with E-state index < -0.39 is 11.8 Å². The van der Waals surface area contributed by atoms with Gasteiger partial charge in [0.1, 0.15) is 38.6 Å². The van der Waals surface area contributed by atoms with E-state index in [4.69, 9.17) is 0 Å². The molecule has 5 aromatic rings. The smallest absolute Gasteiger partial charge is 0.247 e. The van der Waals surface area contributed by atoms with E-state index in [0.717, 1.165) is 28.8 Å². The van der Waals surface area contributed by atoms with Crippen molar-refractivity contribution in [3.05, 3.63) is 40.6 Å². The van der Waals surface area contributed by atoms with Gasteiger partial charge in [0.2, 0.25) is 0 Å². The first-order valence-electron chi connectivity index (χ1n) is 8.59. The number of aromatic nitrogens is 7. The molecule has 0 aliphatic rings. The summed E-state index contributed by atoms with van der Waals surface area (Å²) in [6.07, 6.45) is 0. The predicted molar refractivity (Wildman–Crippen MR) is 99.9 cm³/mol. The van der Waals surface area contributed by atoms with E-state index in [1.165, 1.54) is 0 Å². The van der Waals surface area contributed by atoms with Crippen LogP contribution < -0.4 is 0 Å². The number of aryl methyl sites for hydroxylation is 4. The summed E-state index contributed by atoms with van der Waals surface area (Å²) >= 11 is 0. The maximum absolute atomic E-state index is 13.7. The van der Waals surface area contributed by atoms with Crippen LogP contribution in [0.15, 0.2) is 6.07 Å². The Hall–Kier alpha value is -3.49. The number of benzene rings is 1. The molecule has 5 rings (SSSR count). The zero-order valence-electron chi connectivity index (χ0n) is 15.5. The first kappa shape index (κ1) is 16.7. The van der Waals surface area contributed by atoms with Gasteiger partial charge in [-0.3, -0.25) is 0 Å². The number of hydrogen-bond donors (Lipinski definition) is 0. The van der Waals surface area contributed by atoms with Gasteiger partial charge in [0, 0.05) is 6.07 Å². The number of halogens is 2. The van der Waals surface area contributed by atoms with Crippen molar-refractivity contribution in [1.29, 1.82) is 0 Å². The Kier molecular flexibility index (Phi) is 3.28. The van der Waals surface area contributed by atoms with E-state index in [-0.39, 0.29) is 11.2 Å². The zero-order valence-corrected chi connectivity index (χ0v) is 15.5. The maximum atomic E-state index is 13.7. The van der Waals surface area contributed by atoms with Gasteiger partial charge < -0.3 is 0 Å². The fourth-order valence-electron chi connectivity index (χ4n) is 3.14. The van der Waals surface area contributed by atoms with Crippen LogP contribution in [0.5, 0.6) is 0 Å². The zero-order chi connectivity index (χ0) is 19.7. The van der Waals surface area contributed by atoms with E-state index in [0.29, 0.717) is 33.1 Å². The van der Waals surface area contributed by atoms with Crippen LogP contribution in [0.2, 0.25) is 0 Å². The highest BCUT2D eigenvalue weighted by atomic mass is 19.2. The van der Waals surface area contributed by atoms with E-state index in [2.05, 4.69) is 34.9 Å². The second-order valence-electron chi connectivity index (χ2n) is 6.71. The molecule has 0 radical (unpaired) electrons. The van der Waals surface area contributed by atoms with Gasteiger partial charge in [-0.15, -0.1) is 0 Å². The first-order valence-corrected chi connectivity index (χ1v) is 8.59. The van der Waals surface area contributed by atoms with Crippen molar-refractivity contribution in [2.45, 2.75) is 27.7 Å². The molecule has 7 nitrogen and oxygen atoms in total. The Morgan fingerprint density at radius 1 is 0.536 bits per heavy atom. The SMILES string of the molecule is Cc1nc2c3nc(C)c(C)nc3c3nc4nc(F)c(F)cc4nc3c2nc1C. The van der Waals surface area contributed by atoms with E-state index in [1.807, 2.05) is 27.7 Å². The number of hydrogen-bond acceptors (Lipinski definition) is 7. The molecular weight excluding hydrogens is 364 g/mol. The summed E-state index contributed by atoms with van der Waals surface area (Å²) in [6.45, 7) is 7.40. The highest BCUT2D eigenvalue weighted by molar-refractivity contribution is 6.18. The summed E-state index contributed by atoms with van der Waals surface area (Å²) in [4.78, 5) is 31.1. The van der Waals surface area contributed by atoms with Gasteiger partial charge in [-0.1, -0.05) is 0 Å². The van der Waals surface area contributed by atoms with Crippen LogP contribution >= 0.6 is 0 Å². The molecule has 0 N–H and O–H groups in total. The third kappa shape index (κ3) is 2.22. The number of fused-ring (bicyclic) bond motifs is 7. The monoisotopic (exact) mass is 377 g/mol. The van der Waals surface area contributed by atoms with Crippen LogP contribution in [0, 0.1) is 39.5 Å². The summed E-state index contributed by atoms with van der Waals surface area (Å²) in [5, 5.41) is 0. The fourth-order valence-corrected chi connectivity index (χ4v) is 3.14. The van der Waals surface area contributed by atoms with Gasteiger partial charge in [0.05, 0.1) is 22.8 Å². The maximum Gasteiger partial charge on any atom is 0.251 e. The van der Waals surface area contributed by atoms with E-state index >= 15 is 0 Å². The molecule has 0 unspecified atom stereocenters. The Balaban J connectivity index is 2.12. The fraction of sp³-hybridized carbons (Fsp3) is 0.211. The van der Waals surface area contributed by atoms with Gasteiger partial charge in [-0.2, -0.15) is 9.37 Å². The molecule has 0 saturated heterocycles. The van der Waals surface area contributed by atoms with E-state index in [1.54, 1.807) is 0 Å². The summed E-state index contributed by atoms with van der Waals surface area (Å²) in [5.41, 5.74) is 5.92. The normalized spacial score (nSPS) is 11.9. The Bertz CT molecular complexity index is 1370. The lowest BCUT2D eigenvalue weighted by Gasteiger charge is -2.11. The average Bonchev–Trinajstić information content (AvgIpc) is 2.65. The van der Waals surface area contributed by atoms with Gasteiger partial charge in [0.25, 0.3) is 5.95 Å². The third-order valence-corrected chi connectivity index (χ3v) is 4.85. The molecule has 0 amide bonds. The molecular formula is C19H13F2N7. The Morgan fingerprint density at radius 3 is 1.39 bits per heavy atom. The minimum Gasteiger partial charge on any atom is -0.247 e. The van der Waals surface area contributed by atoms with Crippen molar-refractivity contribution in [3.63, 3.8) is 0 Å². The minimum atomic E-state index is -1.23. The summed E-state index contributed by atoms with van der Waals surface area (Å²) in [7, 11) is 0. The predicted octanol–water partition coefficient (Wildman–Crippen LogP) is 3.58. The Labute approximate surface area is 156 Å². The highest BCUT2D eigenvalue weighted by Gasteiger charge is 2.19. The van der Waals surface area contributed by atoms with Crippen LogP contribution in [0.25, 0.3) is 44.3 Å². The minimum absolute atomic E-state index is 0.0103. The van der Waals surface area contributed by atoms with Crippen LogP contribution in [0.1, 0.15) is 22.8 Å². The average molecular weight is 377 g/mol. The molecule has 0 fully saturated rings. The molecule has 0 aliphatic carbocycles. The first-order chi connectivity index (χ1) is 13.3. The van der Waals surface area contributed by atoms with Gasteiger partial charge in [-0.25, -0.2) is 34.3 Å². The van der Waals surface area contributed by atoms with Gasteiger partial charge in [0.15, 0.2) is 11.5 Å². The molecule has 4 aromatic heterocycles. The largest absolute Gasteiger partial charge is 0.251 e. The lowest BCUT2D eigenvalue weighted by Crippen LogP contribution is -2.03. The lowest BCUT2D eigenvalue weighted by atomic mass is 10.1. The van der Waals surface area contributed by atoms with Crippen molar-refractivity contribution < 1.29 is 8.78 Å². The van der Waals surface area contributed by atoms with E-state index in [9.17, 15) is 8.78 Å². The second-order valence-corrected chi connectivity index (χ2v) is 6.71.